The number of hydrogen-bond acceptors (Lipinski definition) is 2. The van der Waals surface area contributed by atoms with Crippen LogP contribution in [0.3, 0.4) is 0 Å². The van der Waals surface area contributed by atoms with Gasteiger partial charge in [-0.25, -0.2) is 0 Å². The van der Waals surface area contributed by atoms with Crippen LogP contribution in [0, 0.1) is 5.92 Å². The molecule has 1 amide bonds. The van der Waals surface area contributed by atoms with Crippen LogP contribution in [0.4, 0.5) is 5.69 Å². The fourth-order valence-electron chi connectivity index (χ4n) is 3.44. The molecule has 0 saturated heterocycles. The highest BCUT2D eigenvalue weighted by molar-refractivity contribution is 5.99. The lowest BCUT2D eigenvalue weighted by atomic mass is 9.85. The molecule has 0 radical (unpaired) electrons. The van der Waals surface area contributed by atoms with Gasteiger partial charge in [-0.15, -0.1) is 0 Å². The normalized spacial score (nSPS) is 15.1. The summed E-state index contributed by atoms with van der Waals surface area (Å²) in [6, 6.07) is 6.86. The zero-order valence-electron chi connectivity index (χ0n) is 13.5. The number of anilines is 1. The molecule has 2 rings (SSSR count). The summed E-state index contributed by atoms with van der Waals surface area (Å²) in [6.45, 7) is 7.66. The second-order valence-electron chi connectivity index (χ2n) is 6.01. The third-order valence-corrected chi connectivity index (χ3v) is 4.33. The van der Waals surface area contributed by atoms with Crippen molar-refractivity contribution in [3.8, 4) is 0 Å². The fourth-order valence-corrected chi connectivity index (χ4v) is 3.44. The molecule has 1 aliphatic heterocycles. The van der Waals surface area contributed by atoms with Crippen molar-refractivity contribution < 1.29 is 4.79 Å². The summed E-state index contributed by atoms with van der Waals surface area (Å²) in [7, 11) is 0. The summed E-state index contributed by atoms with van der Waals surface area (Å²) in [5, 5.41) is 6.58. The zero-order valence-corrected chi connectivity index (χ0v) is 13.5. The molecule has 0 aromatic heterocycles. The summed E-state index contributed by atoms with van der Waals surface area (Å²) in [4.78, 5) is 11.5. The number of nitrogens with one attached hydrogen (secondary N) is 2. The average Bonchev–Trinajstić information content (AvgIpc) is 2.83. The van der Waals surface area contributed by atoms with Crippen molar-refractivity contribution in [3.63, 3.8) is 0 Å². The molecule has 2 N–H and O–H groups in total. The highest BCUT2D eigenvalue weighted by Gasteiger charge is 2.24. The van der Waals surface area contributed by atoms with Gasteiger partial charge >= 0.3 is 0 Å². The molecule has 1 heterocycles. The number of fused-ring (bicyclic) bond motifs is 1. The van der Waals surface area contributed by atoms with Crippen LogP contribution in [0.2, 0.25) is 0 Å². The van der Waals surface area contributed by atoms with Gasteiger partial charge in [0, 0.05) is 11.7 Å². The molecule has 0 spiro atoms. The predicted molar refractivity (Wildman–Crippen MR) is 88.5 cm³/mol. The molecule has 1 atom stereocenters. The van der Waals surface area contributed by atoms with E-state index in [2.05, 4.69) is 49.6 Å². The SMILES string of the molecule is CCCC(CCC)C(NCC)c1ccc2c(c1)CC(=O)N2. The maximum Gasteiger partial charge on any atom is 0.228 e. The van der Waals surface area contributed by atoms with Crippen molar-refractivity contribution >= 4 is 11.6 Å². The van der Waals surface area contributed by atoms with E-state index < -0.39 is 0 Å². The van der Waals surface area contributed by atoms with Crippen molar-refractivity contribution in [1.82, 2.24) is 5.32 Å². The van der Waals surface area contributed by atoms with E-state index in [0.717, 1.165) is 17.8 Å². The topological polar surface area (TPSA) is 41.1 Å². The second-order valence-corrected chi connectivity index (χ2v) is 6.01. The first kappa shape index (κ1) is 16.0. The van der Waals surface area contributed by atoms with Crippen molar-refractivity contribution in [2.45, 2.75) is 58.9 Å². The Labute approximate surface area is 128 Å². The minimum atomic E-state index is 0.112. The second kappa shape index (κ2) is 7.60. The van der Waals surface area contributed by atoms with Gasteiger partial charge in [-0.2, -0.15) is 0 Å². The Morgan fingerprint density at radius 1 is 1.19 bits per heavy atom. The van der Waals surface area contributed by atoms with Crippen LogP contribution in [-0.4, -0.2) is 12.5 Å². The van der Waals surface area contributed by atoms with E-state index in [1.54, 1.807) is 0 Å². The van der Waals surface area contributed by atoms with Gasteiger partial charge in [0.05, 0.1) is 6.42 Å². The average molecular weight is 288 g/mol. The molecule has 21 heavy (non-hydrogen) atoms. The quantitative estimate of drug-likeness (QED) is 0.757. The molecule has 0 aliphatic carbocycles. The first-order valence-corrected chi connectivity index (χ1v) is 8.35. The minimum absolute atomic E-state index is 0.112. The van der Waals surface area contributed by atoms with E-state index in [1.807, 2.05) is 0 Å². The Bertz CT molecular complexity index is 478. The van der Waals surface area contributed by atoms with E-state index in [9.17, 15) is 4.79 Å². The van der Waals surface area contributed by atoms with Crippen molar-refractivity contribution in [2.75, 3.05) is 11.9 Å². The van der Waals surface area contributed by atoms with E-state index in [4.69, 9.17) is 0 Å². The Balaban J connectivity index is 2.25. The van der Waals surface area contributed by atoms with Crippen molar-refractivity contribution in [2.24, 2.45) is 5.92 Å². The summed E-state index contributed by atoms with van der Waals surface area (Å²) >= 11 is 0. The number of carbonyl (C=O) groups is 1. The van der Waals surface area contributed by atoms with Gasteiger partial charge in [0.1, 0.15) is 0 Å². The standard InChI is InChI=1S/C18H28N2O/c1-4-7-13(8-5-2)18(19-6-3)14-9-10-16-15(11-14)12-17(21)20-16/h9-11,13,18-19H,4-8,12H2,1-3H3,(H,20,21). The van der Waals surface area contributed by atoms with Gasteiger partial charge in [-0.3, -0.25) is 4.79 Å². The smallest absolute Gasteiger partial charge is 0.228 e. The number of rotatable bonds is 8. The van der Waals surface area contributed by atoms with Crippen LogP contribution in [0.25, 0.3) is 0 Å². The molecule has 3 nitrogen and oxygen atoms in total. The Morgan fingerprint density at radius 2 is 1.90 bits per heavy atom. The third kappa shape index (κ3) is 3.85. The first-order valence-electron chi connectivity index (χ1n) is 8.35. The van der Waals surface area contributed by atoms with Gasteiger partial charge < -0.3 is 10.6 Å². The molecule has 116 valence electrons. The number of carbonyl (C=O) groups excluding carboxylic acids is 1. The molecule has 1 unspecified atom stereocenters. The molecule has 1 aliphatic rings. The largest absolute Gasteiger partial charge is 0.326 e. The molecule has 0 fully saturated rings. The summed E-state index contributed by atoms with van der Waals surface area (Å²) in [5.41, 5.74) is 3.47. The predicted octanol–water partition coefficient (Wildman–Crippen LogP) is 4.05. The van der Waals surface area contributed by atoms with E-state index in [1.165, 1.54) is 31.2 Å². The Kier molecular flexibility index (Phi) is 5.80. The maximum atomic E-state index is 11.5. The minimum Gasteiger partial charge on any atom is -0.326 e. The first-order chi connectivity index (χ1) is 10.2. The third-order valence-electron chi connectivity index (χ3n) is 4.33. The molecular formula is C18H28N2O. The van der Waals surface area contributed by atoms with Gasteiger partial charge in [0.15, 0.2) is 0 Å². The van der Waals surface area contributed by atoms with Crippen LogP contribution in [0.1, 0.15) is 63.6 Å². The number of hydrogen-bond donors (Lipinski definition) is 2. The molecule has 1 aromatic carbocycles. The van der Waals surface area contributed by atoms with Crippen LogP contribution in [0.15, 0.2) is 18.2 Å². The summed E-state index contributed by atoms with van der Waals surface area (Å²) in [5.74, 6) is 0.781. The monoisotopic (exact) mass is 288 g/mol. The van der Waals surface area contributed by atoms with Crippen LogP contribution < -0.4 is 10.6 Å². The van der Waals surface area contributed by atoms with Gasteiger partial charge in [0.25, 0.3) is 0 Å². The highest BCUT2D eigenvalue weighted by atomic mass is 16.1. The number of benzene rings is 1. The molecule has 0 saturated carbocycles. The molecule has 0 bridgehead atoms. The lowest BCUT2D eigenvalue weighted by molar-refractivity contribution is -0.115. The lowest BCUT2D eigenvalue weighted by Gasteiger charge is -2.28. The van der Waals surface area contributed by atoms with Crippen LogP contribution >= 0.6 is 0 Å². The number of amides is 1. The van der Waals surface area contributed by atoms with E-state index >= 15 is 0 Å². The molecule has 1 aromatic rings. The van der Waals surface area contributed by atoms with E-state index in [0.29, 0.717) is 18.4 Å². The summed E-state index contributed by atoms with van der Waals surface area (Å²) < 4.78 is 0. The van der Waals surface area contributed by atoms with Gasteiger partial charge in [-0.1, -0.05) is 45.7 Å². The highest BCUT2D eigenvalue weighted by Crippen LogP contribution is 2.33. The van der Waals surface area contributed by atoms with Crippen LogP contribution in [-0.2, 0) is 11.2 Å². The fraction of sp³-hybridized carbons (Fsp3) is 0.611. The van der Waals surface area contributed by atoms with Gasteiger partial charge in [-0.05, 0) is 42.5 Å². The lowest BCUT2D eigenvalue weighted by Crippen LogP contribution is -2.28. The van der Waals surface area contributed by atoms with E-state index in [-0.39, 0.29) is 5.91 Å². The van der Waals surface area contributed by atoms with Crippen molar-refractivity contribution in [3.05, 3.63) is 29.3 Å². The molecular weight excluding hydrogens is 260 g/mol. The Morgan fingerprint density at radius 3 is 2.52 bits per heavy atom. The Hall–Kier alpha value is -1.35. The summed E-state index contributed by atoms with van der Waals surface area (Å²) in [6.07, 6.45) is 5.46. The van der Waals surface area contributed by atoms with Gasteiger partial charge in [0.2, 0.25) is 5.91 Å². The zero-order chi connectivity index (χ0) is 15.2. The maximum absolute atomic E-state index is 11.5. The van der Waals surface area contributed by atoms with Crippen molar-refractivity contribution in [1.29, 1.82) is 0 Å². The molecule has 3 heteroatoms. The van der Waals surface area contributed by atoms with Crippen LogP contribution in [0.5, 0.6) is 0 Å².